The maximum Gasteiger partial charge on any atom is 0.259 e. The van der Waals surface area contributed by atoms with E-state index in [4.69, 9.17) is 13.9 Å². The highest BCUT2D eigenvalue weighted by Gasteiger charge is 2.15. The number of methoxy groups -OCH3 is 1. The molecule has 3 aromatic rings. The van der Waals surface area contributed by atoms with Gasteiger partial charge in [0.05, 0.1) is 18.9 Å². The Bertz CT molecular complexity index is 794. The van der Waals surface area contributed by atoms with Crippen LogP contribution in [0.15, 0.2) is 71.3 Å². The number of carbonyl (C=O) groups excluding carboxylic acids is 1. The van der Waals surface area contributed by atoms with Gasteiger partial charge in [0.15, 0.2) is 5.76 Å². The minimum atomic E-state index is -0.249. The molecule has 1 aromatic heterocycles. The molecule has 0 spiro atoms. The molecule has 0 aliphatic carbocycles. The predicted molar refractivity (Wildman–Crippen MR) is 90.4 cm³/mol. The molecule has 3 rings (SSSR count). The summed E-state index contributed by atoms with van der Waals surface area (Å²) in [6.45, 7) is 0.183. The summed E-state index contributed by atoms with van der Waals surface area (Å²) in [6, 6.07) is 18.1. The molecule has 0 bridgehead atoms. The molecule has 2 aromatic carbocycles. The second-order valence-electron chi connectivity index (χ2n) is 5.04. The summed E-state index contributed by atoms with van der Waals surface area (Å²) in [6.07, 6.45) is 1.48. The van der Waals surface area contributed by atoms with Crippen molar-refractivity contribution in [1.29, 1.82) is 0 Å². The molecule has 5 heteroatoms. The summed E-state index contributed by atoms with van der Waals surface area (Å²) in [5, 5.41) is 2.82. The molecule has 1 heterocycles. The van der Waals surface area contributed by atoms with E-state index in [1.165, 1.54) is 6.26 Å². The molecule has 0 fully saturated rings. The molecule has 0 saturated carbocycles. The number of ether oxygens (including phenoxy) is 2. The number of benzene rings is 2. The van der Waals surface area contributed by atoms with Gasteiger partial charge >= 0.3 is 0 Å². The van der Waals surface area contributed by atoms with E-state index in [0.717, 1.165) is 11.5 Å². The van der Waals surface area contributed by atoms with Gasteiger partial charge < -0.3 is 19.2 Å². The zero-order chi connectivity index (χ0) is 16.8. The van der Waals surface area contributed by atoms with Crippen LogP contribution < -0.4 is 14.8 Å². The Labute approximate surface area is 139 Å². The van der Waals surface area contributed by atoms with Crippen molar-refractivity contribution in [2.45, 2.75) is 6.61 Å². The molecule has 1 amide bonds. The quantitative estimate of drug-likeness (QED) is 0.741. The molecule has 0 aliphatic rings. The van der Waals surface area contributed by atoms with Gasteiger partial charge in [-0.2, -0.15) is 0 Å². The average molecular weight is 323 g/mol. The minimum absolute atomic E-state index is 0.183. The number of rotatable bonds is 6. The maximum atomic E-state index is 12.4. The van der Waals surface area contributed by atoms with Crippen LogP contribution >= 0.6 is 0 Å². The van der Waals surface area contributed by atoms with Crippen molar-refractivity contribution in [3.63, 3.8) is 0 Å². The van der Waals surface area contributed by atoms with Crippen LogP contribution in [-0.2, 0) is 6.61 Å². The van der Waals surface area contributed by atoms with Crippen molar-refractivity contribution in [1.82, 2.24) is 0 Å². The van der Waals surface area contributed by atoms with Crippen LogP contribution in [0.25, 0.3) is 0 Å². The fourth-order valence-electron chi connectivity index (χ4n) is 2.19. The minimum Gasteiger partial charge on any atom is -0.497 e. The van der Waals surface area contributed by atoms with Gasteiger partial charge in [-0.05, 0) is 42.5 Å². The Morgan fingerprint density at radius 3 is 2.46 bits per heavy atom. The van der Waals surface area contributed by atoms with E-state index in [1.54, 1.807) is 37.4 Å². The topological polar surface area (TPSA) is 60.7 Å². The number of carbonyl (C=O) groups is 1. The molecule has 0 saturated heterocycles. The van der Waals surface area contributed by atoms with E-state index in [2.05, 4.69) is 5.32 Å². The Kier molecular flexibility index (Phi) is 4.81. The lowest BCUT2D eigenvalue weighted by atomic mass is 10.2. The van der Waals surface area contributed by atoms with Crippen LogP contribution in [0.2, 0.25) is 0 Å². The first-order valence-electron chi connectivity index (χ1n) is 7.46. The van der Waals surface area contributed by atoms with Crippen molar-refractivity contribution in [2.75, 3.05) is 12.4 Å². The van der Waals surface area contributed by atoms with Gasteiger partial charge in [-0.1, -0.05) is 18.2 Å². The van der Waals surface area contributed by atoms with E-state index in [-0.39, 0.29) is 12.5 Å². The molecule has 5 nitrogen and oxygen atoms in total. The van der Waals surface area contributed by atoms with Crippen LogP contribution in [0.5, 0.6) is 11.5 Å². The summed E-state index contributed by atoms with van der Waals surface area (Å²) in [4.78, 5) is 12.4. The monoisotopic (exact) mass is 323 g/mol. The predicted octanol–water partition coefficient (Wildman–Crippen LogP) is 4.12. The number of hydrogen-bond acceptors (Lipinski definition) is 4. The first kappa shape index (κ1) is 15.7. The number of amides is 1. The molecule has 0 atom stereocenters. The smallest absolute Gasteiger partial charge is 0.259 e. The SMILES string of the molecule is COc1ccc(NC(=O)c2ccoc2COc2ccccc2)cc1. The highest BCUT2D eigenvalue weighted by atomic mass is 16.5. The lowest BCUT2D eigenvalue weighted by Crippen LogP contribution is -2.13. The number of para-hydroxylation sites is 1. The summed E-state index contributed by atoms with van der Waals surface area (Å²) in [5.74, 6) is 1.68. The van der Waals surface area contributed by atoms with E-state index >= 15 is 0 Å². The van der Waals surface area contributed by atoms with Gasteiger partial charge in [-0.25, -0.2) is 0 Å². The summed E-state index contributed by atoms with van der Waals surface area (Å²) >= 11 is 0. The Morgan fingerprint density at radius 1 is 1.00 bits per heavy atom. The van der Waals surface area contributed by atoms with Crippen LogP contribution in [0, 0.1) is 0 Å². The standard InChI is InChI=1S/C19H17NO4/c1-22-15-9-7-14(8-10-15)20-19(21)17-11-12-23-18(17)13-24-16-5-3-2-4-6-16/h2-12H,13H2,1H3,(H,20,21). The van der Waals surface area contributed by atoms with Gasteiger partial charge in [0.25, 0.3) is 5.91 Å². The fourth-order valence-corrected chi connectivity index (χ4v) is 2.19. The normalized spacial score (nSPS) is 10.2. The van der Waals surface area contributed by atoms with Crippen LogP contribution in [0.3, 0.4) is 0 Å². The molecule has 0 aliphatic heterocycles. The highest BCUT2D eigenvalue weighted by Crippen LogP contribution is 2.19. The Hall–Kier alpha value is -3.21. The van der Waals surface area contributed by atoms with Gasteiger partial charge in [-0.3, -0.25) is 4.79 Å². The Morgan fingerprint density at radius 2 is 1.75 bits per heavy atom. The van der Waals surface area contributed by atoms with Gasteiger partial charge in [-0.15, -0.1) is 0 Å². The van der Waals surface area contributed by atoms with Crippen molar-refractivity contribution in [3.8, 4) is 11.5 Å². The zero-order valence-corrected chi connectivity index (χ0v) is 13.2. The molecule has 122 valence electrons. The van der Waals surface area contributed by atoms with Crippen molar-refractivity contribution >= 4 is 11.6 Å². The zero-order valence-electron chi connectivity index (χ0n) is 13.2. The average Bonchev–Trinajstić information content (AvgIpc) is 3.10. The third kappa shape index (κ3) is 3.76. The third-order valence-electron chi connectivity index (χ3n) is 3.45. The number of nitrogens with one attached hydrogen (secondary N) is 1. The number of hydrogen-bond donors (Lipinski definition) is 1. The molecule has 0 unspecified atom stereocenters. The van der Waals surface area contributed by atoms with E-state index in [1.807, 2.05) is 30.3 Å². The fraction of sp³-hybridized carbons (Fsp3) is 0.105. The molecule has 24 heavy (non-hydrogen) atoms. The van der Waals surface area contributed by atoms with E-state index < -0.39 is 0 Å². The van der Waals surface area contributed by atoms with Crippen molar-refractivity contribution in [3.05, 3.63) is 78.3 Å². The van der Waals surface area contributed by atoms with E-state index in [9.17, 15) is 4.79 Å². The van der Waals surface area contributed by atoms with Crippen molar-refractivity contribution < 1.29 is 18.7 Å². The summed E-state index contributed by atoms with van der Waals surface area (Å²) in [7, 11) is 1.60. The lowest BCUT2D eigenvalue weighted by molar-refractivity contribution is 0.102. The second kappa shape index (κ2) is 7.37. The highest BCUT2D eigenvalue weighted by molar-refractivity contribution is 6.04. The Balaban J connectivity index is 1.66. The maximum absolute atomic E-state index is 12.4. The molecule has 0 radical (unpaired) electrons. The largest absolute Gasteiger partial charge is 0.497 e. The second-order valence-corrected chi connectivity index (χ2v) is 5.04. The van der Waals surface area contributed by atoms with Gasteiger partial charge in [0.1, 0.15) is 18.1 Å². The third-order valence-corrected chi connectivity index (χ3v) is 3.45. The number of furan rings is 1. The first-order valence-corrected chi connectivity index (χ1v) is 7.46. The van der Waals surface area contributed by atoms with Crippen molar-refractivity contribution in [2.24, 2.45) is 0 Å². The molecule has 1 N–H and O–H groups in total. The first-order chi connectivity index (χ1) is 11.8. The summed E-state index contributed by atoms with van der Waals surface area (Å²) in [5.41, 5.74) is 1.12. The van der Waals surface area contributed by atoms with Crippen LogP contribution in [0.4, 0.5) is 5.69 Å². The summed E-state index contributed by atoms with van der Waals surface area (Å²) < 4.78 is 16.1. The van der Waals surface area contributed by atoms with Gasteiger partial charge in [0, 0.05) is 5.69 Å². The lowest BCUT2D eigenvalue weighted by Gasteiger charge is -2.08. The molecular weight excluding hydrogens is 306 g/mol. The molecular formula is C19H17NO4. The van der Waals surface area contributed by atoms with Crippen LogP contribution in [0.1, 0.15) is 16.1 Å². The van der Waals surface area contributed by atoms with Crippen LogP contribution in [-0.4, -0.2) is 13.0 Å². The van der Waals surface area contributed by atoms with E-state index in [0.29, 0.717) is 17.0 Å². The number of anilines is 1. The van der Waals surface area contributed by atoms with Gasteiger partial charge in [0.2, 0.25) is 0 Å².